The molecule has 0 fully saturated rings. The Morgan fingerprint density at radius 1 is 1.35 bits per heavy atom. The van der Waals surface area contributed by atoms with Crippen molar-refractivity contribution >= 4 is 15.9 Å². The Balaban J connectivity index is 1.61. The van der Waals surface area contributed by atoms with Gasteiger partial charge in [0, 0.05) is 6.54 Å². The zero-order valence-electron chi connectivity index (χ0n) is 14.1. The molecule has 140 valence electrons. The van der Waals surface area contributed by atoms with Crippen molar-refractivity contribution in [3.05, 3.63) is 53.1 Å². The quantitative estimate of drug-likeness (QED) is 0.766. The van der Waals surface area contributed by atoms with Crippen LogP contribution in [0.2, 0.25) is 0 Å². The molecule has 1 unspecified atom stereocenters. The van der Waals surface area contributed by atoms with E-state index in [4.69, 9.17) is 0 Å². The Bertz CT molecular complexity index is 911. The molecule has 8 nitrogen and oxygen atoms in total. The molecule has 2 heterocycles. The van der Waals surface area contributed by atoms with Crippen molar-refractivity contribution in [2.45, 2.75) is 25.7 Å². The zero-order chi connectivity index (χ0) is 18.9. The lowest BCUT2D eigenvalue weighted by atomic mass is 10.1. The van der Waals surface area contributed by atoms with Crippen LogP contribution in [0, 0.1) is 5.82 Å². The summed E-state index contributed by atoms with van der Waals surface area (Å²) >= 11 is 0. The summed E-state index contributed by atoms with van der Waals surface area (Å²) in [5, 5.41) is 16.9. The van der Waals surface area contributed by atoms with Gasteiger partial charge in [-0.05, 0) is 23.8 Å². The fourth-order valence-corrected chi connectivity index (χ4v) is 3.52. The van der Waals surface area contributed by atoms with Gasteiger partial charge in [-0.2, -0.15) is 9.40 Å². The largest absolute Gasteiger partial charge is 0.378 e. The number of sulfonamides is 1. The van der Waals surface area contributed by atoms with E-state index in [2.05, 4.69) is 10.4 Å². The van der Waals surface area contributed by atoms with Crippen LogP contribution >= 0.6 is 0 Å². The van der Waals surface area contributed by atoms with E-state index < -0.39 is 27.9 Å². The number of hydrogen-bond donors (Lipinski definition) is 2. The predicted molar refractivity (Wildman–Crippen MR) is 90.7 cm³/mol. The number of fused-ring (bicyclic) bond motifs is 1. The minimum atomic E-state index is -3.27. The maximum atomic E-state index is 12.9. The molecule has 0 bridgehead atoms. The second-order valence-electron chi connectivity index (χ2n) is 6.12. The zero-order valence-corrected chi connectivity index (χ0v) is 14.9. The van der Waals surface area contributed by atoms with Crippen LogP contribution in [0.1, 0.15) is 23.1 Å². The first-order chi connectivity index (χ1) is 12.2. The fraction of sp³-hybridized carbons (Fsp3) is 0.375. The van der Waals surface area contributed by atoms with Gasteiger partial charge in [0.15, 0.2) is 6.10 Å². The summed E-state index contributed by atoms with van der Waals surface area (Å²) in [5.74, 6) is -1.08. The van der Waals surface area contributed by atoms with Crippen LogP contribution in [0.25, 0.3) is 0 Å². The second kappa shape index (κ2) is 7.14. The first-order valence-corrected chi connectivity index (χ1v) is 9.81. The minimum absolute atomic E-state index is 0.0932. The molecular weight excluding hydrogens is 363 g/mol. The summed E-state index contributed by atoms with van der Waals surface area (Å²) in [5.41, 5.74) is 1.59. The molecule has 10 heteroatoms. The third-order valence-electron chi connectivity index (χ3n) is 4.16. The van der Waals surface area contributed by atoms with Gasteiger partial charge in [-0.1, -0.05) is 12.1 Å². The van der Waals surface area contributed by atoms with E-state index in [-0.39, 0.29) is 18.7 Å². The average molecular weight is 382 g/mol. The van der Waals surface area contributed by atoms with Gasteiger partial charge in [0.2, 0.25) is 10.0 Å². The lowest BCUT2D eigenvalue weighted by Gasteiger charge is -2.25. The Morgan fingerprint density at radius 2 is 2.04 bits per heavy atom. The number of nitrogens with one attached hydrogen (secondary N) is 1. The van der Waals surface area contributed by atoms with E-state index in [9.17, 15) is 22.7 Å². The summed E-state index contributed by atoms with van der Waals surface area (Å²) in [6.45, 7) is 1.12. The third-order valence-corrected chi connectivity index (χ3v) is 5.41. The van der Waals surface area contributed by atoms with Gasteiger partial charge >= 0.3 is 0 Å². The summed E-state index contributed by atoms with van der Waals surface area (Å²) in [6.07, 6.45) is -0.245. The standard InChI is InChI=1S/C16H19FN4O4S/c1-26(24,25)20-6-7-21-14(10-20)8-13(19-21)9-18-16(23)15(22)11-2-4-12(17)5-3-11/h2-5,8,15,22H,6-7,9-10H2,1H3,(H,18,23). The Hall–Kier alpha value is -2.30. The molecule has 1 aliphatic rings. The summed E-state index contributed by atoms with van der Waals surface area (Å²) in [4.78, 5) is 12.1. The average Bonchev–Trinajstić information content (AvgIpc) is 3.01. The van der Waals surface area contributed by atoms with Crippen molar-refractivity contribution in [1.82, 2.24) is 19.4 Å². The van der Waals surface area contributed by atoms with Gasteiger partial charge in [0.1, 0.15) is 5.82 Å². The number of halogens is 1. The lowest BCUT2D eigenvalue weighted by Crippen LogP contribution is -2.37. The van der Waals surface area contributed by atoms with Gasteiger partial charge < -0.3 is 10.4 Å². The molecule has 1 aromatic heterocycles. The number of aromatic nitrogens is 2. The molecule has 0 radical (unpaired) electrons. The first-order valence-electron chi connectivity index (χ1n) is 7.96. The van der Waals surface area contributed by atoms with Crippen LogP contribution in [-0.2, 0) is 34.5 Å². The molecule has 2 aromatic rings. The van der Waals surface area contributed by atoms with Crippen molar-refractivity contribution in [1.29, 1.82) is 0 Å². The van der Waals surface area contributed by atoms with Crippen molar-refractivity contribution in [3.63, 3.8) is 0 Å². The van der Waals surface area contributed by atoms with Crippen LogP contribution in [0.4, 0.5) is 4.39 Å². The molecule has 0 spiro atoms. The molecule has 1 aromatic carbocycles. The highest BCUT2D eigenvalue weighted by atomic mass is 32.2. The molecule has 1 amide bonds. The number of benzene rings is 1. The minimum Gasteiger partial charge on any atom is -0.378 e. The number of aliphatic hydroxyl groups excluding tert-OH is 1. The number of amides is 1. The van der Waals surface area contributed by atoms with Crippen LogP contribution in [-0.4, -0.2) is 46.3 Å². The number of carbonyl (C=O) groups excluding carboxylic acids is 1. The number of aliphatic hydroxyl groups is 1. The highest BCUT2D eigenvalue weighted by molar-refractivity contribution is 7.88. The number of carbonyl (C=O) groups is 1. The molecule has 1 atom stereocenters. The van der Waals surface area contributed by atoms with E-state index in [1.807, 2.05) is 0 Å². The molecule has 1 aliphatic heterocycles. The van der Waals surface area contributed by atoms with Crippen LogP contribution < -0.4 is 5.32 Å². The molecule has 2 N–H and O–H groups in total. The van der Waals surface area contributed by atoms with Gasteiger partial charge in [0.25, 0.3) is 5.91 Å². The van der Waals surface area contributed by atoms with Crippen LogP contribution in [0.15, 0.2) is 30.3 Å². The van der Waals surface area contributed by atoms with Crippen molar-refractivity contribution < 1.29 is 22.7 Å². The monoisotopic (exact) mass is 382 g/mol. The Morgan fingerprint density at radius 3 is 2.69 bits per heavy atom. The predicted octanol–water partition coefficient (Wildman–Crippen LogP) is 0.147. The molecular formula is C16H19FN4O4S. The normalized spacial score (nSPS) is 16.1. The molecule has 0 aliphatic carbocycles. The maximum Gasteiger partial charge on any atom is 0.253 e. The maximum absolute atomic E-state index is 12.9. The highest BCUT2D eigenvalue weighted by Crippen LogP contribution is 2.17. The van der Waals surface area contributed by atoms with E-state index in [1.165, 1.54) is 28.6 Å². The van der Waals surface area contributed by atoms with E-state index in [0.717, 1.165) is 11.9 Å². The van der Waals surface area contributed by atoms with Crippen molar-refractivity contribution in [2.24, 2.45) is 0 Å². The third kappa shape index (κ3) is 4.09. The van der Waals surface area contributed by atoms with Gasteiger partial charge in [0.05, 0.1) is 37.3 Å². The number of nitrogens with zero attached hydrogens (tertiary/aromatic N) is 3. The summed E-state index contributed by atoms with van der Waals surface area (Å²) < 4.78 is 39.2. The first kappa shape index (κ1) is 18.5. The number of hydrogen-bond acceptors (Lipinski definition) is 5. The molecule has 26 heavy (non-hydrogen) atoms. The SMILES string of the molecule is CS(=O)(=O)N1CCn2nc(CNC(=O)C(O)c3ccc(F)cc3)cc2C1. The van der Waals surface area contributed by atoms with E-state index in [1.54, 1.807) is 10.7 Å². The van der Waals surface area contributed by atoms with Crippen LogP contribution in [0.5, 0.6) is 0 Å². The highest BCUT2D eigenvalue weighted by Gasteiger charge is 2.25. The van der Waals surface area contributed by atoms with E-state index in [0.29, 0.717) is 18.8 Å². The van der Waals surface area contributed by atoms with Gasteiger partial charge in [-0.25, -0.2) is 12.8 Å². The smallest absolute Gasteiger partial charge is 0.253 e. The molecule has 3 rings (SSSR count). The van der Waals surface area contributed by atoms with E-state index >= 15 is 0 Å². The van der Waals surface area contributed by atoms with Gasteiger partial charge in [-0.15, -0.1) is 0 Å². The summed E-state index contributed by atoms with van der Waals surface area (Å²) in [6, 6.07) is 6.75. The Labute approximate surface area is 150 Å². The molecule has 0 saturated carbocycles. The summed E-state index contributed by atoms with van der Waals surface area (Å²) in [7, 11) is -3.27. The number of rotatable bonds is 5. The molecule has 0 saturated heterocycles. The van der Waals surface area contributed by atoms with Crippen molar-refractivity contribution in [3.8, 4) is 0 Å². The topological polar surface area (TPSA) is 105 Å². The lowest BCUT2D eigenvalue weighted by molar-refractivity contribution is -0.129. The van der Waals surface area contributed by atoms with Crippen molar-refractivity contribution in [2.75, 3.05) is 12.8 Å². The van der Waals surface area contributed by atoms with Gasteiger partial charge in [-0.3, -0.25) is 9.48 Å². The van der Waals surface area contributed by atoms with Crippen LogP contribution in [0.3, 0.4) is 0 Å². The fourth-order valence-electron chi connectivity index (χ4n) is 2.74. The second-order valence-corrected chi connectivity index (χ2v) is 8.10. The Kier molecular flexibility index (Phi) is 5.08.